The van der Waals surface area contributed by atoms with Crippen LogP contribution >= 0.6 is 11.6 Å². The van der Waals surface area contributed by atoms with Crippen LogP contribution in [0.25, 0.3) is 0 Å². The molecular formula is C21H25ClN2O2. The first-order chi connectivity index (χ1) is 12.5. The number of carbonyl (C=O) groups excluding carboxylic acids is 2. The summed E-state index contributed by atoms with van der Waals surface area (Å²) in [7, 11) is 0. The van der Waals surface area contributed by atoms with Crippen LogP contribution < -0.4 is 10.6 Å². The van der Waals surface area contributed by atoms with Crippen molar-refractivity contribution >= 4 is 23.4 Å². The highest BCUT2D eigenvalue weighted by molar-refractivity contribution is 6.31. The molecule has 5 heteroatoms. The average Bonchev–Trinajstić information content (AvgIpc) is 2.65. The number of hydrogen-bond acceptors (Lipinski definition) is 2. The standard InChI is InChI=1S/C21H25ClN2O2/c1-3-15(2)24-21(26)18-9-6-7-16(13-18)14-23-20(25)12-11-17-8-4-5-10-19(17)22/h4-10,13,15H,3,11-12,14H2,1-2H3,(H,23,25)(H,24,26). The van der Waals surface area contributed by atoms with Gasteiger partial charge in [-0.15, -0.1) is 0 Å². The molecule has 1 atom stereocenters. The second-order valence-corrected chi connectivity index (χ2v) is 6.76. The van der Waals surface area contributed by atoms with Crippen LogP contribution in [0.2, 0.25) is 5.02 Å². The van der Waals surface area contributed by atoms with Gasteiger partial charge in [0.15, 0.2) is 0 Å². The Bertz CT molecular complexity index is 761. The first-order valence-corrected chi connectivity index (χ1v) is 9.27. The Hall–Kier alpha value is -2.33. The third kappa shape index (κ3) is 6.19. The van der Waals surface area contributed by atoms with E-state index >= 15 is 0 Å². The van der Waals surface area contributed by atoms with Gasteiger partial charge in [-0.1, -0.05) is 48.9 Å². The topological polar surface area (TPSA) is 58.2 Å². The predicted octanol–water partition coefficient (Wildman–Crippen LogP) is 4.12. The Morgan fingerprint density at radius 2 is 1.88 bits per heavy atom. The van der Waals surface area contributed by atoms with E-state index in [9.17, 15) is 9.59 Å². The van der Waals surface area contributed by atoms with E-state index in [-0.39, 0.29) is 17.9 Å². The molecule has 0 heterocycles. The van der Waals surface area contributed by atoms with Crippen LogP contribution in [-0.2, 0) is 17.8 Å². The average molecular weight is 373 g/mol. The van der Waals surface area contributed by atoms with Gasteiger partial charge in [-0.05, 0) is 49.1 Å². The van der Waals surface area contributed by atoms with Crippen LogP contribution in [0.15, 0.2) is 48.5 Å². The maximum Gasteiger partial charge on any atom is 0.251 e. The molecule has 2 N–H and O–H groups in total. The number of rotatable bonds is 8. The largest absolute Gasteiger partial charge is 0.352 e. The molecule has 2 amide bonds. The minimum Gasteiger partial charge on any atom is -0.352 e. The first-order valence-electron chi connectivity index (χ1n) is 8.89. The van der Waals surface area contributed by atoms with Crippen LogP contribution in [0, 0.1) is 0 Å². The van der Waals surface area contributed by atoms with Crippen molar-refractivity contribution in [1.29, 1.82) is 0 Å². The van der Waals surface area contributed by atoms with Gasteiger partial charge >= 0.3 is 0 Å². The number of halogens is 1. The zero-order valence-electron chi connectivity index (χ0n) is 15.2. The fourth-order valence-electron chi connectivity index (χ4n) is 2.47. The van der Waals surface area contributed by atoms with Crippen molar-refractivity contribution in [3.8, 4) is 0 Å². The molecule has 0 aliphatic carbocycles. The summed E-state index contributed by atoms with van der Waals surface area (Å²) in [4.78, 5) is 24.3. The van der Waals surface area contributed by atoms with Gasteiger partial charge in [-0.3, -0.25) is 9.59 Å². The summed E-state index contributed by atoms with van der Waals surface area (Å²) in [5.74, 6) is -0.134. The van der Waals surface area contributed by atoms with Gasteiger partial charge in [0.25, 0.3) is 5.91 Å². The fourth-order valence-corrected chi connectivity index (χ4v) is 2.70. The lowest BCUT2D eigenvalue weighted by Gasteiger charge is -2.12. The number of carbonyl (C=O) groups is 2. The van der Waals surface area contributed by atoms with Crippen LogP contribution in [0.3, 0.4) is 0 Å². The van der Waals surface area contributed by atoms with Gasteiger partial charge < -0.3 is 10.6 Å². The number of aryl methyl sites for hydroxylation is 1. The zero-order chi connectivity index (χ0) is 18.9. The Morgan fingerprint density at radius 3 is 2.62 bits per heavy atom. The molecule has 0 saturated carbocycles. The molecule has 26 heavy (non-hydrogen) atoms. The lowest BCUT2D eigenvalue weighted by Crippen LogP contribution is -2.32. The van der Waals surface area contributed by atoms with Gasteiger partial charge in [0.2, 0.25) is 5.91 Å². The fraction of sp³-hybridized carbons (Fsp3) is 0.333. The van der Waals surface area contributed by atoms with Crippen molar-refractivity contribution in [2.24, 2.45) is 0 Å². The Balaban J connectivity index is 1.85. The SMILES string of the molecule is CCC(C)NC(=O)c1cccc(CNC(=O)CCc2ccccc2Cl)c1. The quantitative estimate of drug-likeness (QED) is 0.732. The number of nitrogens with one attached hydrogen (secondary N) is 2. The van der Waals surface area contributed by atoms with E-state index in [4.69, 9.17) is 11.6 Å². The van der Waals surface area contributed by atoms with E-state index in [0.29, 0.717) is 30.0 Å². The van der Waals surface area contributed by atoms with Crippen LogP contribution in [0.5, 0.6) is 0 Å². The van der Waals surface area contributed by atoms with E-state index < -0.39 is 0 Å². The second-order valence-electron chi connectivity index (χ2n) is 6.35. The molecular weight excluding hydrogens is 348 g/mol. The molecule has 0 aliphatic rings. The summed E-state index contributed by atoms with van der Waals surface area (Å²) in [6.45, 7) is 4.40. The van der Waals surface area contributed by atoms with E-state index in [2.05, 4.69) is 10.6 Å². The minimum atomic E-state index is -0.0914. The molecule has 0 saturated heterocycles. The Labute approximate surface area is 159 Å². The molecule has 2 rings (SSSR count). The highest BCUT2D eigenvalue weighted by Crippen LogP contribution is 2.16. The number of hydrogen-bond donors (Lipinski definition) is 2. The van der Waals surface area contributed by atoms with Crippen molar-refractivity contribution in [3.05, 3.63) is 70.2 Å². The smallest absolute Gasteiger partial charge is 0.251 e. The Morgan fingerprint density at radius 1 is 1.12 bits per heavy atom. The molecule has 0 fully saturated rings. The minimum absolute atomic E-state index is 0.0422. The monoisotopic (exact) mass is 372 g/mol. The maximum absolute atomic E-state index is 12.2. The van der Waals surface area contributed by atoms with Crippen molar-refractivity contribution in [1.82, 2.24) is 10.6 Å². The van der Waals surface area contributed by atoms with E-state index in [1.165, 1.54) is 0 Å². The lowest BCUT2D eigenvalue weighted by atomic mass is 10.1. The molecule has 138 valence electrons. The highest BCUT2D eigenvalue weighted by Gasteiger charge is 2.10. The molecule has 0 aliphatic heterocycles. The van der Waals surface area contributed by atoms with Crippen molar-refractivity contribution in [2.75, 3.05) is 0 Å². The van der Waals surface area contributed by atoms with Gasteiger partial charge in [-0.25, -0.2) is 0 Å². The number of benzene rings is 2. The van der Waals surface area contributed by atoms with Crippen LogP contribution in [-0.4, -0.2) is 17.9 Å². The summed E-state index contributed by atoms with van der Waals surface area (Å²) in [5, 5.41) is 6.52. The summed E-state index contributed by atoms with van der Waals surface area (Å²) < 4.78 is 0. The van der Waals surface area contributed by atoms with E-state index in [0.717, 1.165) is 17.5 Å². The molecule has 4 nitrogen and oxygen atoms in total. The Kier molecular flexibility index (Phi) is 7.67. The van der Waals surface area contributed by atoms with E-state index in [1.54, 1.807) is 6.07 Å². The number of amides is 2. The van der Waals surface area contributed by atoms with Gasteiger partial charge in [0, 0.05) is 29.6 Å². The summed E-state index contributed by atoms with van der Waals surface area (Å²) in [5.41, 5.74) is 2.47. The molecule has 1 unspecified atom stereocenters. The van der Waals surface area contributed by atoms with Crippen molar-refractivity contribution in [2.45, 2.75) is 45.7 Å². The van der Waals surface area contributed by atoms with Crippen molar-refractivity contribution in [3.63, 3.8) is 0 Å². The summed E-state index contributed by atoms with van der Waals surface area (Å²) >= 11 is 6.10. The van der Waals surface area contributed by atoms with Crippen LogP contribution in [0.4, 0.5) is 0 Å². The van der Waals surface area contributed by atoms with Gasteiger partial charge in [0.05, 0.1) is 0 Å². The lowest BCUT2D eigenvalue weighted by molar-refractivity contribution is -0.121. The third-order valence-electron chi connectivity index (χ3n) is 4.25. The molecule has 2 aromatic rings. The van der Waals surface area contributed by atoms with Gasteiger partial charge in [0.1, 0.15) is 0 Å². The normalized spacial score (nSPS) is 11.7. The first kappa shape index (κ1) is 20.0. The molecule has 0 bridgehead atoms. The second kappa shape index (κ2) is 9.97. The summed E-state index contributed by atoms with van der Waals surface area (Å²) in [6, 6.07) is 15.0. The van der Waals surface area contributed by atoms with E-state index in [1.807, 2.05) is 56.3 Å². The molecule has 0 spiro atoms. The molecule has 0 radical (unpaired) electrons. The third-order valence-corrected chi connectivity index (χ3v) is 4.62. The predicted molar refractivity (Wildman–Crippen MR) is 105 cm³/mol. The molecule has 2 aromatic carbocycles. The van der Waals surface area contributed by atoms with Crippen LogP contribution in [0.1, 0.15) is 48.2 Å². The highest BCUT2D eigenvalue weighted by atomic mass is 35.5. The molecule has 0 aromatic heterocycles. The van der Waals surface area contributed by atoms with Crippen molar-refractivity contribution < 1.29 is 9.59 Å². The zero-order valence-corrected chi connectivity index (χ0v) is 16.0. The maximum atomic E-state index is 12.2. The van der Waals surface area contributed by atoms with Gasteiger partial charge in [-0.2, -0.15) is 0 Å². The summed E-state index contributed by atoms with van der Waals surface area (Å²) in [6.07, 6.45) is 1.85.